The maximum atomic E-state index is 14.4. The molecule has 26 heavy (non-hydrogen) atoms. The maximum absolute atomic E-state index is 14.4. The topological polar surface area (TPSA) is 69.6 Å². The molecule has 0 atom stereocenters. The zero-order valence-corrected chi connectivity index (χ0v) is 15.1. The van der Waals surface area contributed by atoms with Crippen LogP contribution in [-0.4, -0.2) is 19.7 Å². The van der Waals surface area contributed by atoms with Gasteiger partial charge in [-0.3, -0.25) is 9.67 Å². The maximum Gasteiger partial charge on any atom is 0.181 e. The van der Waals surface area contributed by atoms with Gasteiger partial charge >= 0.3 is 0 Å². The van der Waals surface area contributed by atoms with Crippen LogP contribution in [0, 0.1) is 12.7 Å². The monoisotopic (exact) mass is 365 g/mol. The van der Waals surface area contributed by atoms with E-state index in [2.05, 4.69) is 15.1 Å². The summed E-state index contributed by atoms with van der Waals surface area (Å²) in [5, 5.41) is 4.58. The van der Waals surface area contributed by atoms with Gasteiger partial charge in [0.2, 0.25) is 0 Å². The molecule has 3 heterocycles. The molecule has 3 aromatic heterocycles. The average molecular weight is 365 g/mol. The van der Waals surface area contributed by atoms with E-state index >= 15 is 0 Å². The lowest BCUT2D eigenvalue weighted by Gasteiger charge is -2.06. The summed E-state index contributed by atoms with van der Waals surface area (Å²) in [5.74, 6) is -0.297. The van der Waals surface area contributed by atoms with Crippen LogP contribution in [-0.2, 0) is 7.05 Å². The lowest BCUT2D eigenvalue weighted by atomic mass is 10.0. The molecular weight excluding hydrogens is 349 g/mol. The number of nitrogens with zero attached hydrogens (tertiary/aromatic N) is 4. The molecule has 1 aromatic carbocycles. The first-order valence-corrected chi connectivity index (χ1v) is 8.82. The van der Waals surface area contributed by atoms with Crippen molar-refractivity contribution in [3.8, 4) is 33.0 Å². The number of benzene rings is 1. The Morgan fingerprint density at radius 3 is 2.69 bits per heavy atom. The molecule has 0 aliphatic carbocycles. The Morgan fingerprint density at radius 2 is 1.96 bits per heavy atom. The van der Waals surface area contributed by atoms with E-state index in [0.29, 0.717) is 16.4 Å². The van der Waals surface area contributed by atoms with Crippen molar-refractivity contribution in [1.29, 1.82) is 0 Å². The first-order valence-electron chi connectivity index (χ1n) is 8.00. The fourth-order valence-corrected chi connectivity index (χ4v) is 3.67. The predicted molar refractivity (Wildman–Crippen MR) is 102 cm³/mol. The summed E-state index contributed by atoms with van der Waals surface area (Å²) >= 11 is 1.37. The van der Waals surface area contributed by atoms with E-state index in [1.807, 2.05) is 25.1 Å². The van der Waals surface area contributed by atoms with Gasteiger partial charge in [-0.2, -0.15) is 5.10 Å². The molecule has 4 aromatic rings. The van der Waals surface area contributed by atoms with Crippen LogP contribution >= 0.6 is 11.3 Å². The molecule has 0 radical (unpaired) electrons. The van der Waals surface area contributed by atoms with Crippen molar-refractivity contribution in [1.82, 2.24) is 19.7 Å². The quantitative estimate of drug-likeness (QED) is 0.588. The van der Waals surface area contributed by atoms with E-state index in [-0.39, 0.29) is 5.82 Å². The van der Waals surface area contributed by atoms with E-state index in [1.54, 1.807) is 36.3 Å². The third kappa shape index (κ3) is 2.97. The number of aryl methyl sites for hydroxylation is 2. The molecule has 0 amide bonds. The third-order valence-corrected chi connectivity index (χ3v) is 4.95. The minimum Gasteiger partial charge on any atom is -0.375 e. The first-order chi connectivity index (χ1) is 12.5. The molecule has 5 nitrogen and oxygen atoms in total. The Morgan fingerprint density at radius 1 is 1.12 bits per heavy atom. The number of hydrogen-bond acceptors (Lipinski definition) is 5. The second-order valence-electron chi connectivity index (χ2n) is 5.99. The predicted octanol–water partition coefficient (Wildman–Crippen LogP) is 4.30. The van der Waals surface area contributed by atoms with Crippen molar-refractivity contribution in [2.75, 3.05) is 5.73 Å². The number of thiazole rings is 1. The van der Waals surface area contributed by atoms with Crippen LogP contribution in [0.2, 0.25) is 0 Å². The Bertz CT molecular complexity index is 1100. The molecule has 7 heteroatoms. The minimum absolute atomic E-state index is 0.297. The molecule has 0 aliphatic heterocycles. The van der Waals surface area contributed by atoms with Crippen molar-refractivity contribution < 1.29 is 4.39 Å². The summed E-state index contributed by atoms with van der Waals surface area (Å²) in [7, 11) is 1.80. The van der Waals surface area contributed by atoms with E-state index in [4.69, 9.17) is 5.73 Å². The normalized spacial score (nSPS) is 11.0. The van der Waals surface area contributed by atoms with Crippen LogP contribution < -0.4 is 5.73 Å². The smallest absolute Gasteiger partial charge is 0.181 e. The second kappa shape index (κ2) is 6.34. The highest BCUT2D eigenvalue weighted by molar-refractivity contribution is 7.19. The molecular formula is C19H16FN5S. The van der Waals surface area contributed by atoms with E-state index < -0.39 is 0 Å². The van der Waals surface area contributed by atoms with E-state index in [0.717, 1.165) is 27.4 Å². The van der Waals surface area contributed by atoms with Gasteiger partial charge in [0, 0.05) is 30.1 Å². The molecule has 0 saturated carbocycles. The number of nitrogens with two attached hydrogens (primary N) is 1. The van der Waals surface area contributed by atoms with Gasteiger partial charge in [0.25, 0.3) is 0 Å². The highest BCUT2D eigenvalue weighted by atomic mass is 32.1. The molecule has 0 saturated heterocycles. The number of rotatable bonds is 3. The van der Waals surface area contributed by atoms with Gasteiger partial charge in [-0.25, -0.2) is 9.37 Å². The summed E-state index contributed by atoms with van der Waals surface area (Å²) in [6.07, 6.45) is 3.43. The molecule has 0 aliphatic rings. The molecule has 0 unspecified atom stereocenters. The summed E-state index contributed by atoms with van der Waals surface area (Å²) in [6.45, 7) is 1.93. The van der Waals surface area contributed by atoms with Crippen molar-refractivity contribution >= 4 is 16.5 Å². The number of anilines is 1. The largest absolute Gasteiger partial charge is 0.375 e. The first kappa shape index (κ1) is 16.4. The summed E-state index contributed by atoms with van der Waals surface area (Å²) < 4.78 is 16.0. The standard InChI is InChI=1S/C19H16FN5S/c1-11-4-3-5-16(23-11)17-18(26-19(21)24-17)12-6-7-15(20)14(8-12)13-9-22-25(2)10-13/h3-10H,1-2H3,(H2,21,24). The molecule has 4 rings (SSSR count). The van der Waals surface area contributed by atoms with Crippen LogP contribution in [0.3, 0.4) is 0 Å². The van der Waals surface area contributed by atoms with Gasteiger partial charge in [0.1, 0.15) is 11.5 Å². The van der Waals surface area contributed by atoms with Crippen molar-refractivity contribution in [3.63, 3.8) is 0 Å². The van der Waals surface area contributed by atoms with Crippen LogP contribution in [0.4, 0.5) is 9.52 Å². The summed E-state index contributed by atoms with van der Waals surface area (Å²) in [4.78, 5) is 9.86. The second-order valence-corrected chi connectivity index (χ2v) is 7.02. The lowest BCUT2D eigenvalue weighted by Crippen LogP contribution is -1.90. The Labute approximate surface area is 154 Å². The van der Waals surface area contributed by atoms with Gasteiger partial charge in [-0.15, -0.1) is 0 Å². The highest BCUT2D eigenvalue weighted by Crippen LogP contribution is 2.39. The average Bonchev–Trinajstić information content (AvgIpc) is 3.21. The fourth-order valence-electron chi connectivity index (χ4n) is 2.83. The Balaban J connectivity index is 1.87. The number of pyridine rings is 1. The van der Waals surface area contributed by atoms with E-state index in [1.165, 1.54) is 17.4 Å². The zero-order chi connectivity index (χ0) is 18.3. The Hall–Kier alpha value is -3.06. The third-order valence-electron chi connectivity index (χ3n) is 4.02. The van der Waals surface area contributed by atoms with Gasteiger partial charge in [0.05, 0.1) is 16.8 Å². The van der Waals surface area contributed by atoms with Gasteiger partial charge in [-0.1, -0.05) is 23.5 Å². The van der Waals surface area contributed by atoms with Gasteiger partial charge in [-0.05, 0) is 36.8 Å². The van der Waals surface area contributed by atoms with Crippen LogP contribution in [0.15, 0.2) is 48.8 Å². The van der Waals surface area contributed by atoms with Crippen molar-refractivity contribution in [2.24, 2.45) is 7.05 Å². The zero-order valence-electron chi connectivity index (χ0n) is 14.3. The number of halogens is 1. The lowest BCUT2D eigenvalue weighted by molar-refractivity contribution is 0.631. The van der Waals surface area contributed by atoms with E-state index in [9.17, 15) is 4.39 Å². The fraction of sp³-hybridized carbons (Fsp3) is 0.105. The van der Waals surface area contributed by atoms with Crippen LogP contribution in [0.5, 0.6) is 0 Å². The highest BCUT2D eigenvalue weighted by Gasteiger charge is 2.17. The Kier molecular flexibility index (Phi) is 4.00. The summed E-state index contributed by atoms with van der Waals surface area (Å²) in [5.41, 5.74) is 10.4. The van der Waals surface area contributed by atoms with Gasteiger partial charge < -0.3 is 5.73 Å². The molecule has 0 bridgehead atoms. The number of hydrogen-bond donors (Lipinski definition) is 1. The van der Waals surface area contributed by atoms with Crippen LogP contribution in [0.25, 0.3) is 33.0 Å². The molecule has 2 N–H and O–H groups in total. The van der Waals surface area contributed by atoms with Crippen LogP contribution in [0.1, 0.15) is 5.69 Å². The molecule has 0 fully saturated rings. The number of nitrogen functional groups attached to an aromatic ring is 1. The van der Waals surface area contributed by atoms with Crippen molar-refractivity contribution in [2.45, 2.75) is 6.92 Å². The number of aromatic nitrogens is 4. The van der Waals surface area contributed by atoms with Gasteiger partial charge in [0.15, 0.2) is 5.13 Å². The molecule has 130 valence electrons. The molecule has 0 spiro atoms. The summed E-state index contributed by atoms with van der Waals surface area (Å²) in [6, 6.07) is 10.8. The minimum atomic E-state index is -0.297. The SMILES string of the molecule is Cc1cccc(-c2nc(N)sc2-c2ccc(F)c(-c3cnn(C)c3)c2)n1. The van der Waals surface area contributed by atoms with Crippen molar-refractivity contribution in [3.05, 3.63) is 60.3 Å².